The van der Waals surface area contributed by atoms with Gasteiger partial charge in [-0.15, -0.1) is 5.10 Å². The highest BCUT2D eigenvalue weighted by molar-refractivity contribution is 5.86. The summed E-state index contributed by atoms with van der Waals surface area (Å²) in [5, 5.41) is 5.14. The first-order valence-electron chi connectivity index (χ1n) is 8.27. The minimum absolute atomic E-state index is 0.225. The molecule has 1 atom stereocenters. The van der Waals surface area contributed by atoms with Crippen LogP contribution in [0.4, 0.5) is 5.82 Å². The van der Waals surface area contributed by atoms with Crippen LogP contribution in [-0.4, -0.2) is 42.8 Å². The Hall–Kier alpha value is -2.97. The molecular weight excluding hydrogens is 322 g/mol. The number of fused-ring (bicyclic) bond motifs is 1. The summed E-state index contributed by atoms with van der Waals surface area (Å²) < 4.78 is 1.42. The lowest BCUT2D eigenvalue weighted by Crippen LogP contribution is -2.25. The van der Waals surface area contributed by atoms with Crippen LogP contribution < -0.4 is 16.1 Å². The van der Waals surface area contributed by atoms with Gasteiger partial charge in [-0.3, -0.25) is 9.78 Å². The van der Waals surface area contributed by atoms with Crippen molar-refractivity contribution in [1.82, 2.24) is 29.7 Å². The zero-order valence-corrected chi connectivity index (χ0v) is 14.1. The van der Waals surface area contributed by atoms with Gasteiger partial charge in [-0.1, -0.05) is 13.8 Å². The molecule has 9 nitrogen and oxygen atoms in total. The predicted molar refractivity (Wildman–Crippen MR) is 93.1 cm³/mol. The molecule has 0 amide bonds. The van der Waals surface area contributed by atoms with Gasteiger partial charge in [0.1, 0.15) is 17.8 Å². The van der Waals surface area contributed by atoms with Gasteiger partial charge in [-0.2, -0.15) is 0 Å². The Morgan fingerprint density at radius 1 is 1.32 bits per heavy atom. The molecule has 0 saturated carbocycles. The van der Waals surface area contributed by atoms with E-state index in [-0.39, 0.29) is 11.1 Å². The number of nitrogens with zero attached hydrogens (tertiary/aromatic N) is 5. The molecule has 1 fully saturated rings. The van der Waals surface area contributed by atoms with Crippen molar-refractivity contribution in [2.24, 2.45) is 5.41 Å². The van der Waals surface area contributed by atoms with E-state index in [1.807, 2.05) is 0 Å². The van der Waals surface area contributed by atoms with Gasteiger partial charge in [0, 0.05) is 25.5 Å². The Kier molecular flexibility index (Phi) is 3.45. The first-order chi connectivity index (χ1) is 12.0. The van der Waals surface area contributed by atoms with Crippen LogP contribution in [0.3, 0.4) is 0 Å². The zero-order valence-electron chi connectivity index (χ0n) is 14.1. The summed E-state index contributed by atoms with van der Waals surface area (Å²) in [4.78, 5) is 38.7. The third-order valence-electron chi connectivity index (χ3n) is 5.05. The normalized spacial score (nSPS) is 20.5. The third kappa shape index (κ3) is 2.61. The maximum absolute atomic E-state index is 12.0. The molecule has 0 spiro atoms. The average Bonchev–Trinajstić information content (AvgIpc) is 3.19. The highest BCUT2D eigenvalue weighted by atomic mass is 16.2. The van der Waals surface area contributed by atoms with Crippen LogP contribution in [0.2, 0.25) is 0 Å². The summed E-state index contributed by atoms with van der Waals surface area (Å²) in [5.74, 6) is 0.828. The monoisotopic (exact) mass is 341 g/mol. The minimum Gasteiger partial charge on any atom is -0.355 e. The van der Waals surface area contributed by atoms with Crippen molar-refractivity contribution >= 4 is 16.9 Å². The van der Waals surface area contributed by atoms with Gasteiger partial charge < -0.3 is 9.88 Å². The molecule has 0 radical (unpaired) electrons. The second kappa shape index (κ2) is 5.54. The summed E-state index contributed by atoms with van der Waals surface area (Å²) >= 11 is 0. The van der Waals surface area contributed by atoms with E-state index < -0.39 is 11.2 Å². The maximum Gasteiger partial charge on any atom is 0.325 e. The van der Waals surface area contributed by atoms with Gasteiger partial charge in [0.25, 0.3) is 5.56 Å². The second-order valence-corrected chi connectivity index (χ2v) is 6.80. The molecular formula is C16H19N7O2. The van der Waals surface area contributed by atoms with Crippen molar-refractivity contribution < 1.29 is 0 Å². The predicted octanol–water partition coefficient (Wildman–Crippen LogP) is 0.818. The minimum atomic E-state index is -0.554. The molecule has 3 aromatic heterocycles. The van der Waals surface area contributed by atoms with E-state index in [0.29, 0.717) is 5.65 Å². The molecule has 1 saturated heterocycles. The topological polar surface area (TPSA) is 113 Å². The summed E-state index contributed by atoms with van der Waals surface area (Å²) in [7, 11) is 0. The van der Waals surface area contributed by atoms with Crippen molar-refractivity contribution in [3.8, 4) is 5.69 Å². The van der Waals surface area contributed by atoms with Gasteiger partial charge in [0.05, 0.1) is 5.39 Å². The van der Waals surface area contributed by atoms with Gasteiger partial charge in [0.15, 0.2) is 5.65 Å². The average molecular weight is 341 g/mol. The fourth-order valence-electron chi connectivity index (χ4n) is 3.27. The summed E-state index contributed by atoms with van der Waals surface area (Å²) in [6, 6.07) is 0. The van der Waals surface area contributed by atoms with E-state index in [4.69, 9.17) is 0 Å². The van der Waals surface area contributed by atoms with Gasteiger partial charge in [-0.05, 0) is 18.3 Å². The smallest absolute Gasteiger partial charge is 0.325 e. The largest absolute Gasteiger partial charge is 0.355 e. The maximum atomic E-state index is 12.0. The van der Waals surface area contributed by atoms with Gasteiger partial charge in [-0.25, -0.2) is 19.4 Å². The Labute approximate surface area is 142 Å². The van der Waals surface area contributed by atoms with Gasteiger partial charge >= 0.3 is 5.69 Å². The van der Waals surface area contributed by atoms with Crippen LogP contribution >= 0.6 is 0 Å². The van der Waals surface area contributed by atoms with Crippen LogP contribution in [0.5, 0.6) is 0 Å². The number of hydrogen-bond donors (Lipinski definition) is 2. The first-order valence-corrected chi connectivity index (χ1v) is 8.27. The van der Waals surface area contributed by atoms with E-state index in [1.165, 1.54) is 17.2 Å². The Morgan fingerprint density at radius 3 is 2.88 bits per heavy atom. The molecule has 3 aromatic rings. The fourth-order valence-corrected chi connectivity index (χ4v) is 3.27. The molecule has 0 aromatic carbocycles. The number of aromatic amines is 2. The summed E-state index contributed by atoms with van der Waals surface area (Å²) in [6.07, 6.45) is 6.79. The molecule has 130 valence electrons. The van der Waals surface area contributed by atoms with Crippen LogP contribution in [-0.2, 0) is 0 Å². The standard InChI is InChI=1S/C16H19N7O2/c1-3-16(2)4-5-22(8-16)13-10-7-23(21-12(10)18-9-19-13)11-6-17-15(25)20-14(11)24/h6-7,9H,3-5,8H2,1-2H3,(H2,17,20,24,25). The van der Waals surface area contributed by atoms with Crippen LogP contribution in [0, 0.1) is 5.41 Å². The Balaban J connectivity index is 1.80. The van der Waals surface area contributed by atoms with Crippen molar-refractivity contribution in [1.29, 1.82) is 0 Å². The number of H-pyrrole nitrogens is 2. The zero-order chi connectivity index (χ0) is 17.6. The molecule has 1 unspecified atom stereocenters. The summed E-state index contributed by atoms with van der Waals surface area (Å²) in [5.41, 5.74) is -0.0414. The number of anilines is 1. The number of aromatic nitrogens is 6. The molecule has 25 heavy (non-hydrogen) atoms. The highest BCUT2D eigenvalue weighted by Crippen LogP contribution is 2.36. The van der Waals surface area contributed by atoms with Crippen molar-refractivity contribution in [3.05, 3.63) is 39.6 Å². The number of nitrogens with one attached hydrogen (secondary N) is 2. The van der Waals surface area contributed by atoms with E-state index in [2.05, 4.69) is 43.8 Å². The lowest BCUT2D eigenvalue weighted by molar-refractivity contribution is 0.355. The highest BCUT2D eigenvalue weighted by Gasteiger charge is 2.33. The molecule has 1 aliphatic heterocycles. The van der Waals surface area contributed by atoms with E-state index in [1.54, 1.807) is 6.20 Å². The van der Waals surface area contributed by atoms with E-state index in [0.717, 1.165) is 37.1 Å². The van der Waals surface area contributed by atoms with Crippen LogP contribution in [0.25, 0.3) is 16.7 Å². The van der Waals surface area contributed by atoms with Crippen LogP contribution in [0.1, 0.15) is 26.7 Å². The van der Waals surface area contributed by atoms with E-state index in [9.17, 15) is 9.59 Å². The summed E-state index contributed by atoms with van der Waals surface area (Å²) in [6.45, 7) is 6.36. The van der Waals surface area contributed by atoms with Crippen molar-refractivity contribution in [2.75, 3.05) is 18.0 Å². The molecule has 0 aliphatic carbocycles. The molecule has 2 N–H and O–H groups in total. The lowest BCUT2D eigenvalue weighted by Gasteiger charge is -2.23. The lowest BCUT2D eigenvalue weighted by atomic mass is 9.87. The molecule has 4 rings (SSSR count). The quantitative estimate of drug-likeness (QED) is 0.729. The van der Waals surface area contributed by atoms with Crippen molar-refractivity contribution in [2.45, 2.75) is 26.7 Å². The third-order valence-corrected chi connectivity index (χ3v) is 5.05. The molecule has 1 aliphatic rings. The fraction of sp³-hybridized carbons (Fsp3) is 0.438. The SMILES string of the molecule is CCC1(C)CCN(c2ncnc3nn(-c4c[nH]c(=O)[nH]c4=O)cc23)C1. The second-order valence-electron chi connectivity index (χ2n) is 6.80. The number of hydrogen-bond acceptors (Lipinski definition) is 6. The number of rotatable bonds is 3. The Bertz CT molecular complexity index is 1050. The molecule has 9 heteroatoms. The van der Waals surface area contributed by atoms with Crippen LogP contribution in [0.15, 0.2) is 28.3 Å². The van der Waals surface area contributed by atoms with E-state index >= 15 is 0 Å². The Morgan fingerprint density at radius 2 is 2.16 bits per heavy atom. The molecule has 0 bridgehead atoms. The van der Waals surface area contributed by atoms with Crippen molar-refractivity contribution in [3.63, 3.8) is 0 Å². The molecule has 4 heterocycles. The van der Waals surface area contributed by atoms with Gasteiger partial charge in [0.2, 0.25) is 0 Å². The first kappa shape index (κ1) is 15.6.